The first-order valence-electron chi connectivity index (χ1n) is 8.41. The molecule has 0 heterocycles. The first kappa shape index (κ1) is 19.7. The molecular weight excluding hydrogens is 348 g/mol. The van der Waals surface area contributed by atoms with Gasteiger partial charge in [0, 0.05) is 25.7 Å². The SMILES string of the molecule is CCN(Cc1cccc(NS(=O)(=O)/C=C/c2ccc(C)cc2)c1)C(C)=O. The lowest BCUT2D eigenvalue weighted by Gasteiger charge is -2.19. The highest BCUT2D eigenvalue weighted by Crippen LogP contribution is 2.15. The highest BCUT2D eigenvalue weighted by molar-refractivity contribution is 7.95. The number of carbonyl (C=O) groups is 1. The number of aryl methyl sites for hydroxylation is 1. The molecule has 0 aliphatic heterocycles. The van der Waals surface area contributed by atoms with Crippen molar-refractivity contribution in [2.45, 2.75) is 27.3 Å². The minimum absolute atomic E-state index is 0.0143. The van der Waals surface area contributed by atoms with Gasteiger partial charge in [-0.2, -0.15) is 0 Å². The van der Waals surface area contributed by atoms with Crippen LogP contribution < -0.4 is 4.72 Å². The average molecular weight is 372 g/mol. The van der Waals surface area contributed by atoms with E-state index in [1.807, 2.05) is 44.2 Å². The van der Waals surface area contributed by atoms with Gasteiger partial charge >= 0.3 is 0 Å². The van der Waals surface area contributed by atoms with E-state index in [1.165, 1.54) is 6.92 Å². The number of benzene rings is 2. The van der Waals surface area contributed by atoms with Gasteiger partial charge in [-0.15, -0.1) is 0 Å². The summed E-state index contributed by atoms with van der Waals surface area (Å²) in [5.41, 5.74) is 3.27. The maximum Gasteiger partial charge on any atom is 0.255 e. The molecule has 0 bridgehead atoms. The summed E-state index contributed by atoms with van der Waals surface area (Å²) in [6.07, 6.45) is 1.56. The van der Waals surface area contributed by atoms with E-state index >= 15 is 0 Å². The first-order valence-corrected chi connectivity index (χ1v) is 9.96. The Kier molecular flexibility index (Phi) is 6.58. The monoisotopic (exact) mass is 372 g/mol. The Hall–Kier alpha value is -2.60. The molecular formula is C20H24N2O3S. The lowest BCUT2D eigenvalue weighted by Crippen LogP contribution is -2.27. The Morgan fingerprint density at radius 2 is 1.85 bits per heavy atom. The van der Waals surface area contributed by atoms with Crippen molar-refractivity contribution in [1.29, 1.82) is 0 Å². The van der Waals surface area contributed by atoms with Gasteiger partial charge in [-0.05, 0) is 43.2 Å². The third kappa shape index (κ3) is 6.04. The molecule has 0 atom stereocenters. The maximum absolute atomic E-state index is 12.3. The zero-order chi connectivity index (χ0) is 19.2. The van der Waals surface area contributed by atoms with Crippen molar-refractivity contribution < 1.29 is 13.2 Å². The van der Waals surface area contributed by atoms with Crippen LogP contribution in [0.3, 0.4) is 0 Å². The molecule has 0 saturated heterocycles. The van der Waals surface area contributed by atoms with E-state index in [9.17, 15) is 13.2 Å². The topological polar surface area (TPSA) is 66.5 Å². The molecule has 1 amide bonds. The number of rotatable bonds is 7. The third-order valence-corrected chi connectivity index (χ3v) is 4.92. The average Bonchev–Trinajstić information content (AvgIpc) is 2.59. The summed E-state index contributed by atoms with van der Waals surface area (Å²) in [5, 5.41) is 1.15. The van der Waals surface area contributed by atoms with Crippen molar-refractivity contribution in [3.8, 4) is 0 Å². The minimum atomic E-state index is -3.62. The number of nitrogens with zero attached hydrogens (tertiary/aromatic N) is 1. The summed E-state index contributed by atoms with van der Waals surface area (Å²) < 4.78 is 27.1. The van der Waals surface area contributed by atoms with Crippen molar-refractivity contribution in [3.05, 3.63) is 70.6 Å². The van der Waals surface area contributed by atoms with Gasteiger partial charge in [0.1, 0.15) is 0 Å². The third-order valence-electron chi connectivity index (χ3n) is 3.90. The molecule has 2 aromatic carbocycles. The molecule has 0 unspecified atom stereocenters. The summed E-state index contributed by atoms with van der Waals surface area (Å²) >= 11 is 0. The van der Waals surface area contributed by atoms with E-state index in [0.29, 0.717) is 18.8 Å². The number of carbonyl (C=O) groups excluding carboxylic acids is 1. The van der Waals surface area contributed by atoms with Gasteiger partial charge in [0.15, 0.2) is 0 Å². The lowest BCUT2D eigenvalue weighted by molar-refractivity contribution is -0.129. The second-order valence-corrected chi connectivity index (χ2v) is 7.66. The molecule has 5 nitrogen and oxygen atoms in total. The summed E-state index contributed by atoms with van der Waals surface area (Å²) in [7, 11) is -3.62. The van der Waals surface area contributed by atoms with Gasteiger partial charge in [0.2, 0.25) is 5.91 Å². The fourth-order valence-corrected chi connectivity index (χ4v) is 3.30. The van der Waals surface area contributed by atoms with Crippen molar-refractivity contribution in [2.75, 3.05) is 11.3 Å². The van der Waals surface area contributed by atoms with Crippen molar-refractivity contribution in [2.24, 2.45) is 0 Å². The van der Waals surface area contributed by atoms with Crippen LogP contribution in [-0.2, 0) is 21.4 Å². The van der Waals surface area contributed by atoms with Gasteiger partial charge in [0.25, 0.3) is 10.0 Å². The largest absolute Gasteiger partial charge is 0.339 e. The summed E-state index contributed by atoms with van der Waals surface area (Å²) in [6.45, 7) is 6.45. The van der Waals surface area contributed by atoms with Crippen LogP contribution in [0.15, 0.2) is 53.9 Å². The number of nitrogens with one attached hydrogen (secondary N) is 1. The van der Waals surface area contributed by atoms with Gasteiger partial charge in [-0.3, -0.25) is 9.52 Å². The molecule has 2 aromatic rings. The number of hydrogen-bond acceptors (Lipinski definition) is 3. The maximum atomic E-state index is 12.3. The molecule has 0 aliphatic rings. The van der Waals surface area contributed by atoms with Crippen LogP contribution in [0.1, 0.15) is 30.5 Å². The first-order chi connectivity index (χ1) is 12.3. The van der Waals surface area contributed by atoms with Crippen molar-refractivity contribution in [3.63, 3.8) is 0 Å². The molecule has 0 spiro atoms. The molecule has 6 heteroatoms. The summed E-state index contributed by atoms with van der Waals surface area (Å²) in [6, 6.07) is 14.6. The number of amides is 1. The Morgan fingerprint density at radius 3 is 2.46 bits per heavy atom. The lowest BCUT2D eigenvalue weighted by atomic mass is 10.2. The van der Waals surface area contributed by atoms with E-state index in [2.05, 4.69) is 4.72 Å². The van der Waals surface area contributed by atoms with E-state index in [0.717, 1.165) is 22.1 Å². The Morgan fingerprint density at radius 1 is 1.15 bits per heavy atom. The van der Waals surface area contributed by atoms with Gasteiger partial charge < -0.3 is 4.90 Å². The van der Waals surface area contributed by atoms with Crippen molar-refractivity contribution >= 4 is 27.7 Å². The smallest absolute Gasteiger partial charge is 0.255 e. The van der Waals surface area contributed by atoms with E-state index < -0.39 is 10.0 Å². The zero-order valence-electron chi connectivity index (χ0n) is 15.3. The van der Waals surface area contributed by atoms with Gasteiger partial charge in [-0.25, -0.2) is 8.42 Å². The fraction of sp³-hybridized carbons (Fsp3) is 0.250. The van der Waals surface area contributed by atoms with E-state index in [1.54, 1.807) is 29.2 Å². The molecule has 26 heavy (non-hydrogen) atoms. The molecule has 2 rings (SSSR count). The molecule has 0 radical (unpaired) electrons. The standard InChI is InChI=1S/C20H24N2O3S/c1-4-22(17(3)23)15-19-6-5-7-20(14-19)21-26(24,25)13-12-18-10-8-16(2)9-11-18/h5-14,21H,4,15H2,1-3H3/b13-12+. The van der Waals surface area contributed by atoms with Crippen LogP contribution in [0.25, 0.3) is 6.08 Å². The zero-order valence-corrected chi connectivity index (χ0v) is 16.1. The number of anilines is 1. The second-order valence-electron chi connectivity index (χ2n) is 6.09. The Bertz CT molecular complexity index is 888. The highest BCUT2D eigenvalue weighted by atomic mass is 32.2. The molecule has 138 valence electrons. The highest BCUT2D eigenvalue weighted by Gasteiger charge is 2.09. The normalized spacial score (nSPS) is 11.5. The second kappa shape index (κ2) is 8.67. The van der Waals surface area contributed by atoms with E-state index in [-0.39, 0.29) is 5.91 Å². The number of sulfonamides is 1. The van der Waals surface area contributed by atoms with Crippen LogP contribution in [0.2, 0.25) is 0 Å². The number of hydrogen-bond donors (Lipinski definition) is 1. The van der Waals surface area contributed by atoms with Crippen LogP contribution in [0, 0.1) is 6.92 Å². The van der Waals surface area contributed by atoms with Gasteiger partial charge in [0.05, 0.1) is 5.41 Å². The summed E-state index contributed by atoms with van der Waals surface area (Å²) in [4.78, 5) is 13.2. The van der Waals surface area contributed by atoms with Crippen LogP contribution in [0.5, 0.6) is 0 Å². The molecule has 0 saturated carbocycles. The predicted molar refractivity (Wildman–Crippen MR) is 106 cm³/mol. The predicted octanol–water partition coefficient (Wildman–Crippen LogP) is 3.78. The molecule has 0 aliphatic carbocycles. The summed E-state index contributed by atoms with van der Waals surface area (Å²) in [5.74, 6) is -0.0143. The molecule has 0 fully saturated rings. The Balaban J connectivity index is 2.10. The van der Waals surface area contributed by atoms with Crippen LogP contribution in [0.4, 0.5) is 5.69 Å². The quantitative estimate of drug-likeness (QED) is 0.804. The van der Waals surface area contributed by atoms with Crippen LogP contribution in [-0.4, -0.2) is 25.8 Å². The van der Waals surface area contributed by atoms with E-state index in [4.69, 9.17) is 0 Å². The van der Waals surface area contributed by atoms with Crippen molar-refractivity contribution in [1.82, 2.24) is 4.90 Å². The fourth-order valence-electron chi connectivity index (χ4n) is 2.44. The molecule has 1 N–H and O–H groups in total. The minimum Gasteiger partial charge on any atom is -0.339 e. The molecule has 0 aromatic heterocycles. The van der Waals surface area contributed by atoms with Crippen LogP contribution >= 0.6 is 0 Å². The van der Waals surface area contributed by atoms with Gasteiger partial charge in [-0.1, -0.05) is 42.0 Å². The Labute approximate surface area is 155 Å².